The van der Waals surface area contributed by atoms with E-state index in [0.717, 1.165) is 0 Å². The molecule has 1 atom stereocenters. The molecule has 0 spiro atoms. The molecule has 4 aromatic rings. The number of rotatable bonds is 12. The molecular formula is C24H29F4N7O. The highest BCUT2D eigenvalue weighted by Crippen LogP contribution is 2.35. The second-order valence-electron chi connectivity index (χ2n) is 8.57. The van der Waals surface area contributed by atoms with Crippen LogP contribution < -0.4 is 10.1 Å². The molecule has 3 aromatic heterocycles. The maximum Gasteiger partial charge on any atom is 0.244 e. The standard InChI is InChI=1S/C24H29F4N7O/c1-15-29-19-5-4-16(12-20(19)34(15)11-8-26)21-18(28)14-35-22(21)23(36-3)31-24(32-35)30-17(13-27)6-9-33(2)10-7-25/h4-5,12,14,17H,6-11,13H2,1-3H3,(H,30,32)/t17-/m1/s1. The van der Waals surface area contributed by atoms with Crippen molar-refractivity contribution in [1.82, 2.24) is 29.0 Å². The first kappa shape index (κ1) is 25.7. The molecule has 0 saturated carbocycles. The predicted octanol–water partition coefficient (Wildman–Crippen LogP) is 4.21. The van der Waals surface area contributed by atoms with Crippen LogP contribution in [0.4, 0.5) is 23.5 Å². The average molecular weight is 508 g/mol. The Labute approximate surface area is 205 Å². The topological polar surface area (TPSA) is 72.5 Å². The van der Waals surface area contributed by atoms with E-state index < -0.39 is 31.9 Å². The summed E-state index contributed by atoms with van der Waals surface area (Å²) in [6.07, 6.45) is 1.60. The molecule has 4 rings (SSSR count). The molecule has 1 N–H and O–H groups in total. The van der Waals surface area contributed by atoms with Crippen LogP contribution in [0, 0.1) is 12.7 Å². The smallest absolute Gasteiger partial charge is 0.244 e. The third-order valence-electron chi connectivity index (χ3n) is 6.13. The predicted molar refractivity (Wildman–Crippen MR) is 130 cm³/mol. The van der Waals surface area contributed by atoms with E-state index in [-0.39, 0.29) is 30.5 Å². The van der Waals surface area contributed by atoms with E-state index in [1.54, 1.807) is 41.6 Å². The number of benzene rings is 1. The van der Waals surface area contributed by atoms with Crippen LogP contribution in [0.1, 0.15) is 12.2 Å². The number of alkyl halides is 3. The summed E-state index contributed by atoms with van der Waals surface area (Å²) in [5.74, 6) is 0.287. The minimum absolute atomic E-state index is 0.0730. The van der Waals surface area contributed by atoms with Gasteiger partial charge >= 0.3 is 0 Å². The zero-order valence-electron chi connectivity index (χ0n) is 20.4. The molecule has 0 unspecified atom stereocenters. The number of aromatic nitrogens is 5. The summed E-state index contributed by atoms with van der Waals surface area (Å²) in [5.41, 5.74) is 2.41. The minimum Gasteiger partial charge on any atom is -0.479 e. The third kappa shape index (κ3) is 5.08. The fourth-order valence-electron chi connectivity index (χ4n) is 4.27. The molecular weight excluding hydrogens is 478 g/mol. The summed E-state index contributed by atoms with van der Waals surface area (Å²) >= 11 is 0. The Bertz CT molecular complexity index is 1340. The molecule has 0 radical (unpaired) electrons. The number of aryl methyl sites for hydroxylation is 2. The molecule has 0 aliphatic rings. The fourth-order valence-corrected chi connectivity index (χ4v) is 4.27. The van der Waals surface area contributed by atoms with E-state index in [4.69, 9.17) is 4.74 Å². The van der Waals surface area contributed by atoms with Gasteiger partial charge in [0, 0.05) is 6.54 Å². The number of imidazole rings is 1. The second kappa shape index (κ2) is 11.1. The highest BCUT2D eigenvalue weighted by Gasteiger charge is 2.22. The lowest BCUT2D eigenvalue weighted by atomic mass is 10.1. The van der Waals surface area contributed by atoms with E-state index in [2.05, 4.69) is 20.4 Å². The van der Waals surface area contributed by atoms with Gasteiger partial charge in [0.05, 0.1) is 42.5 Å². The van der Waals surface area contributed by atoms with Gasteiger partial charge < -0.3 is 19.5 Å². The van der Waals surface area contributed by atoms with Crippen LogP contribution in [0.5, 0.6) is 5.88 Å². The van der Waals surface area contributed by atoms with Crippen LogP contribution in [0.25, 0.3) is 27.7 Å². The van der Waals surface area contributed by atoms with Crippen molar-refractivity contribution in [3.63, 3.8) is 0 Å². The van der Waals surface area contributed by atoms with Gasteiger partial charge in [-0.1, -0.05) is 6.07 Å². The quantitative estimate of drug-likeness (QED) is 0.290. The molecule has 0 fully saturated rings. The Morgan fingerprint density at radius 3 is 2.64 bits per heavy atom. The summed E-state index contributed by atoms with van der Waals surface area (Å²) in [6, 6.07) is 4.62. The Hall–Kier alpha value is -3.41. The molecule has 12 heteroatoms. The first-order valence-corrected chi connectivity index (χ1v) is 11.6. The van der Waals surface area contributed by atoms with Gasteiger partial charge in [-0.25, -0.2) is 27.1 Å². The summed E-state index contributed by atoms with van der Waals surface area (Å²) in [6.45, 7) is 0.959. The Morgan fingerprint density at radius 1 is 1.14 bits per heavy atom. The highest BCUT2D eigenvalue weighted by molar-refractivity contribution is 5.90. The van der Waals surface area contributed by atoms with E-state index in [9.17, 15) is 13.2 Å². The van der Waals surface area contributed by atoms with Crippen LogP contribution in [-0.2, 0) is 6.54 Å². The zero-order chi connectivity index (χ0) is 25.8. The molecule has 0 aliphatic carbocycles. The third-order valence-corrected chi connectivity index (χ3v) is 6.13. The fraction of sp³-hybridized carbons (Fsp3) is 0.458. The Kier molecular flexibility index (Phi) is 7.92. The average Bonchev–Trinajstić information content (AvgIpc) is 3.36. The maximum atomic E-state index is 15.3. The molecule has 0 aliphatic heterocycles. The second-order valence-corrected chi connectivity index (χ2v) is 8.57. The summed E-state index contributed by atoms with van der Waals surface area (Å²) in [7, 11) is 3.16. The van der Waals surface area contributed by atoms with Crippen molar-refractivity contribution in [3.8, 4) is 17.0 Å². The van der Waals surface area contributed by atoms with Crippen molar-refractivity contribution in [2.75, 3.05) is 52.6 Å². The van der Waals surface area contributed by atoms with Crippen LogP contribution in [0.2, 0.25) is 0 Å². The Balaban J connectivity index is 1.70. The van der Waals surface area contributed by atoms with Gasteiger partial charge in [-0.3, -0.25) is 0 Å². The largest absolute Gasteiger partial charge is 0.479 e. The number of methoxy groups -OCH3 is 1. The van der Waals surface area contributed by atoms with Gasteiger partial charge in [0.1, 0.15) is 31.4 Å². The van der Waals surface area contributed by atoms with E-state index in [0.29, 0.717) is 40.9 Å². The SMILES string of the molecule is COc1nc(N[C@@H](CF)CCN(C)CCF)nn2cc(F)c(-c3ccc4nc(C)n(CCF)c4c3)c12. The molecule has 8 nitrogen and oxygen atoms in total. The van der Waals surface area contributed by atoms with E-state index in [1.807, 2.05) is 0 Å². The normalized spacial score (nSPS) is 12.7. The minimum atomic E-state index is -0.690. The monoisotopic (exact) mass is 507 g/mol. The number of ether oxygens (including phenoxy) is 1. The van der Waals surface area contributed by atoms with Crippen molar-refractivity contribution >= 4 is 22.5 Å². The molecule has 0 bridgehead atoms. The highest BCUT2D eigenvalue weighted by atomic mass is 19.1. The summed E-state index contributed by atoms with van der Waals surface area (Å²) < 4.78 is 63.0. The molecule has 36 heavy (non-hydrogen) atoms. The number of halogens is 4. The number of nitrogens with one attached hydrogen (secondary N) is 1. The van der Waals surface area contributed by atoms with Gasteiger partial charge in [-0.2, -0.15) is 4.98 Å². The molecule has 0 amide bonds. The van der Waals surface area contributed by atoms with Gasteiger partial charge in [-0.05, 0) is 44.6 Å². The van der Waals surface area contributed by atoms with Gasteiger partial charge in [0.25, 0.3) is 0 Å². The number of anilines is 1. The molecule has 194 valence electrons. The van der Waals surface area contributed by atoms with Crippen molar-refractivity contribution in [2.45, 2.75) is 25.9 Å². The lowest BCUT2D eigenvalue weighted by molar-refractivity contribution is 0.279. The van der Waals surface area contributed by atoms with Crippen molar-refractivity contribution in [3.05, 3.63) is 36.0 Å². The van der Waals surface area contributed by atoms with Crippen LogP contribution in [-0.4, -0.2) is 82.4 Å². The first-order valence-electron chi connectivity index (χ1n) is 11.6. The Morgan fingerprint density at radius 2 is 1.94 bits per heavy atom. The van der Waals surface area contributed by atoms with Crippen molar-refractivity contribution < 1.29 is 22.3 Å². The van der Waals surface area contributed by atoms with E-state index >= 15 is 4.39 Å². The van der Waals surface area contributed by atoms with Gasteiger partial charge in [0.15, 0.2) is 5.82 Å². The lowest BCUT2D eigenvalue weighted by Crippen LogP contribution is -2.30. The summed E-state index contributed by atoms with van der Waals surface area (Å²) in [4.78, 5) is 10.6. The van der Waals surface area contributed by atoms with Gasteiger partial charge in [0.2, 0.25) is 11.8 Å². The van der Waals surface area contributed by atoms with Gasteiger partial charge in [-0.15, -0.1) is 5.10 Å². The number of fused-ring (bicyclic) bond motifs is 2. The van der Waals surface area contributed by atoms with Crippen molar-refractivity contribution in [2.24, 2.45) is 0 Å². The lowest BCUT2D eigenvalue weighted by Gasteiger charge is -2.20. The number of hydrogen-bond donors (Lipinski definition) is 1. The maximum absolute atomic E-state index is 15.3. The van der Waals surface area contributed by atoms with Crippen LogP contribution in [0.15, 0.2) is 24.4 Å². The molecule has 1 aromatic carbocycles. The van der Waals surface area contributed by atoms with Crippen molar-refractivity contribution in [1.29, 1.82) is 0 Å². The first-order chi connectivity index (χ1) is 17.4. The molecule has 0 saturated heterocycles. The van der Waals surface area contributed by atoms with Crippen LogP contribution >= 0.6 is 0 Å². The zero-order valence-corrected chi connectivity index (χ0v) is 20.4. The summed E-state index contributed by atoms with van der Waals surface area (Å²) in [5, 5.41) is 7.24. The van der Waals surface area contributed by atoms with E-state index in [1.165, 1.54) is 17.8 Å². The van der Waals surface area contributed by atoms with Crippen LogP contribution in [0.3, 0.4) is 0 Å². The number of nitrogens with zero attached hydrogens (tertiary/aromatic N) is 6. The molecule has 3 heterocycles. The number of hydrogen-bond acceptors (Lipinski definition) is 6.